The monoisotopic (exact) mass is 377 g/mol. The Morgan fingerprint density at radius 3 is 2.00 bits per heavy atom. The van der Waals surface area contributed by atoms with Gasteiger partial charge in [0.05, 0.1) is 13.2 Å². The molecule has 2 aliphatic rings. The first-order valence-corrected chi connectivity index (χ1v) is 9.67. The van der Waals surface area contributed by atoms with E-state index in [1.54, 1.807) is 12.1 Å². The van der Waals surface area contributed by atoms with Gasteiger partial charge >= 0.3 is 0 Å². The molecular formula is C20H28FN3O3. The Hall–Kier alpha value is -2.15. The minimum Gasteiger partial charge on any atom is -0.378 e. The summed E-state index contributed by atoms with van der Waals surface area (Å²) in [6.45, 7) is 7.22. The van der Waals surface area contributed by atoms with Crippen LogP contribution in [0.3, 0.4) is 0 Å². The number of halogens is 1. The zero-order valence-electron chi connectivity index (χ0n) is 15.9. The molecule has 6 nitrogen and oxygen atoms in total. The van der Waals surface area contributed by atoms with Crippen LogP contribution in [0.4, 0.5) is 10.1 Å². The summed E-state index contributed by atoms with van der Waals surface area (Å²) in [5.74, 6) is 0.00640. The minimum absolute atomic E-state index is 0.0305. The standard InChI is InChI=1S/C20H28FN3O3/c1-16(15-20(26)24-10-12-27-13-11-24)14-19(25)23-8-6-22(7-9-23)18-4-2-17(21)3-5-18/h2-5,16H,6-15H2,1H3/t16-/m1/s1. The highest BCUT2D eigenvalue weighted by molar-refractivity contribution is 5.79. The number of piperazine rings is 1. The van der Waals surface area contributed by atoms with Gasteiger partial charge in [0.1, 0.15) is 5.82 Å². The van der Waals surface area contributed by atoms with E-state index < -0.39 is 0 Å². The maximum absolute atomic E-state index is 13.0. The molecule has 148 valence electrons. The van der Waals surface area contributed by atoms with Gasteiger partial charge in [0.15, 0.2) is 0 Å². The average Bonchev–Trinajstić information content (AvgIpc) is 2.69. The van der Waals surface area contributed by atoms with Gasteiger partial charge in [-0.1, -0.05) is 6.92 Å². The highest BCUT2D eigenvalue weighted by Gasteiger charge is 2.25. The SMILES string of the molecule is C[C@@H](CC(=O)N1CCOCC1)CC(=O)N1CCN(c2ccc(F)cc2)CC1. The van der Waals surface area contributed by atoms with Gasteiger partial charge in [-0.05, 0) is 30.2 Å². The van der Waals surface area contributed by atoms with Gasteiger partial charge in [-0.15, -0.1) is 0 Å². The van der Waals surface area contributed by atoms with E-state index in [4.69, 9.17) is 4.74 Å². The Bertz CT molecular complexity index is 638. The van der Waals surface area contributed by atoms with Crippen LogP contribution in [0.15, 0.2) is 24.3 Å². The summed E-state index contributed by atoms with van der Waals surface area (Å²) in [6, 6.07) is 6.46. The highest BCUT2D eigenvalue weighted by Crippen LogP contribution is 2.19. The van der Waals surface area contributed by atoms with Crippen LogP contribution < -0.4 is 4.90 Å². The topological polar surface area (TPSA) is 53.1 Å². The molecule has 7 heteroatoms. The van der Waals surface area contributed by atoms with E-state index in [9.17, 15) is 14.0 Å². The number of hydrogen-bond donors (Lipinski definition) is 0. The van der Waals surface area contributed by atoms with E-state index in [1.807, 2.05) is 16.7 Å². The number of morpholine rings is 1. The Kier molecular flexibility index (Phi) is 6.66. The quantitative estimate of drug-likeness (QED) is 0.785. The molecule has 2 aliphatic heterocycles. The summed E-state index contributed by atoms with van der Waals surface area (Å²) in [7, 11) is 0. The van der Waals surface area contributed by atoms with Crippen molar-refractivity contribution < 1.29 is 18.7 Å². The Labute approximate surface area is 159 Å². The van der Waals surface area contributed by atoms with Crippen LogP contribution in [0.2, 0.25) is 0 Å². The first kappa shape index (κ1) is 19.6. The van der Waals surface area contributed by atoms with E-state index in [1.165, 1.54) is 12.1 Å². The zero-order chi connectivity index (χ0) is 19.2. The van der Waals surface area contributed by atoms with Crippen LogP contribution in [0.25, 0.3) is 0 Å². The number of hydrogen-bond acceptors (Lipinski definition) is 4. The second-order valence-corrected chi connectivity index (χ2v) is 7.35. The lowest BCUT2D eigenvalue weighted by Gasteiger charge is -2.36. The van der Waals surface area contributed by atoms with Crippen molar-refractivity contribution in [3.05, 3.63) is 30.1 Å². The first-order chi connectivity index (χ1) is 13.0. The Morgan fingerprint density at radius 1 is 0.926 bits per heavy atom. The molecule has 0 unspecified atom stereocenters. The van der Waals surface area contributed by atoms with Crippen LogP contribution in [0.1, 0.15) is 19.8 Å². The smallest absolute Gasteiger partial charge is 0.223 e. The molecule has 1 aromatic rings. The van der Waals surface area contributed by atoms with E-state index >= 15 is 0 Å². The van der Waals surface area contributed by atoms with Crippen molar-refractivity contribution in [1.29, 1.82) is 0 Å². The number of nitrogens with zero attached hydrogens (tertiary/aromatic N) is 3. The van der Waals surface area contributed by atoms with Gasteiger partial charge in [-0.3, -0.25) is 9.59 Å². The van der Waals surface area contributed by atoms with Crippen molar-refractivity contribution in [2.75, 3.05) is 57.4 Å². The molecule has 0 aliphatic carbocycles. The van der Waals surface area contributed by atoms with Gasteiger partial charge in [-0.2, -0.15) is 0 Å². The van der Waals surface area contributed by atoms with Gasteiger partial charge in [0.25, 0.3) is 0 Å². The lowest BCUT2D eigenvalue weighted by atomic mass is 10.0. The van der Waals surface area contributed by atoms with E-state index in [0.29, 0.717) is 52.2 Å². The fourth-order valence-electron chi connectivity index (χ4n) is 3.61. The van der Waals surface area contributed by atoms with Crippen LogP contribution >= 0.6 is 0 Å². The van der Waals surface area contributed by atoms with Gasteiger partial charge in [0.2, 0.25) is 11.8 Å². The molecule has 0 saturated carbocycles. The largest absolute Gasteiger partial charge is 0.378 e. The van der Waals surface area contributed by atoms with Crippen molar-refractivity contribution in [3.8, 4) is 0 Å². The molecule has 0 aromatic heterocycles. The number of ether oxygens (including phenoxy) is 1. The Balaban J connectivity index is 1.42. The normalized spacial score (nSPS) is 19.1. The van der Waals surface area contributed by atoms with Gasteiger partial charge in [-0.25, -0.2) is 4.39 Å². The summed E-state index contributed by atoms with van der Waals surface area (Å²) >= 11 is 0. The van der Waals surface area contributed by atoms with Crippen molar-refractivity contribution in [2.45, 2.75) is 19.8 Å². The van der Waals surface area contributed by atoms with Crippen LogP contribution in [-0.4, -0.2) is 74.1 Å². The molecule has 3 rings (SSSR count). The fourth-order valence-corrected chi connectivity index (χ4v) is 3.61. The average molecular weight is 377 g/mol. The third kappa shape index (κ3) is 5.42. The lowest BCUT2D eigenvalue weighted by molar-refractivity contribution is -0.137. The number of anilines is 1. The van der Waals surface area contributed by atoms with Crippen LogP contribution in [0.5, 0.6) is 0 Å². The molecule has 2 heterocycles. The fraction of sp³-hybridized carbons (Fsp3) is 0.600. The Morgan fingerprint density at radius 2 is 1.44 bits per heavy atom. The van der Waals surface area contributed by atoms with E-state index in [-0.39, 0.29) is 23.5 Å². The zero-order valence-corrected chi connectivity index (χ0v) is 15.9. The molecule has 0 radical (unpaired) electrons. The van der Waals surface area contributed by atoms with Crippen LogP contribution in [-0.2, 0) is 14.3 Å². The maximum atomic E-state index is 13.0. The number of benzene rings is 1. The molecule has 0 N–H and O–H groups in total. The number of carbonyl (C=O) groups excluding carboxylic acids is 2. The number of rotatable bonds is 5. The van der Waals surface area contributed by atoms with Gasteiger partial charge < -0.3 is 19.4 Å². The van der Waals surface area contributed by atoms with Crippen molar-refractivity contribution in [1.82, 2.24) is 9.80 Å². The highest BCUT2D eigenvalue weighted by atomic mass is 19.1. The first-order valence-electron chi connectivity index (χ1n) is 9.67. The number of amides is 2. The summed E-state index contributed by atoms with van der Waals surface area (Å²) in [6.07, 6.45) is 0.800. The molecule has 0 bridgehead atoms. The third-order valence-electron chi connectivity index (χ3n) is 5.23. The molecule has 1 atom stereocenters. The minimum atomic E-state index is -0.242. The second-order valence-electron chi connectivity index (χ2n) is 7.35. The molecule has 27 heavy (non-hydrogen) atoms. The molecule has 2 fully saturated rings. The number of carbonyl (C=O) groups is 2. The summed E-state index contributed by atoms with van der Waals surface area (Å²) in [5, 5.41) is 0. The van der Waals surface area contributed by atoms with Crippen molar-refractivity contribution in [3.63, 3.8) is 0 Å². The molecule has 2 amide bonds. The lowest BCUT2D eigenvalue weighted by Crippen LogP contribution is -2.49. The second kappa shape index (κ2) is 9.17. The molecular weight excluding hydrogens is 349 g/mol. The molecule has 0 spiro atoms. The molecule has 2 saturated heterocycles. The van der Waals surface area contributed by atoms with E-state index in [2.05, 4.69) is 4.90 Å². The third-order valence-corrected chi connectivity index (χ3v) is 5.23. The predicted octanol–water partition coefficient (Wildman–Crippen LogP) is 1.75. The molecule has 1 aromatic carbocycles. The van der Waals surface area contributed by atoms with Gasteiger partial charge in [0, 0.05) is 57.8 Å². The van der Waals surface area contributed by atoms with Crippen molar-refractivity contribution >= 4 is 17.5 Å². The summed E-state index contributed by atoms with van der Waals surface area (Å²) in [4.78, 5) is 30.7. The van der Waals surface area contributed by atoms with Crippen molar-refractivity contribution in [2.24, 2.45) is 5.92 Å². The summed E-state index contributed by atoms with van der Waals surface area (Å²) < 4.78 is 18.3. The summed E-state index contributed by atoms with van der Waals surface area (Å²) in [5.41, 5.74) is 0.980. The predicted molar refractivity (Wildman–Crippen MR) is 101 cm³/mol. The van der Waals surface area contributed by atoms with E-state index in [0.717, 1.165) is 18.8 Å². The maximum Gasteiger partial charge on any atom is 0.223 e. The van der Waals surface area contributed by atoms with Crippen LogP contribution in [0, 0.1) is 11.7 Å².